The maximum Gasteiger partial charge on any atom is 0.408 e. The van der Waals surface area contributed by atoms with E-state index in [1.165, 1.54) is 0 Å². The van der Waals surface area contributed by atoms with Crippen LogP contribution < -0.4 is 5.32 Å². The summed E-state index contributed by atoms with van der Waals surface area (Å²) in [6, 6.07) is 8.68. The van der Waals surface area contributed by atoms with Gasteiger partial charge in [-0.1, -0.05) is 43.7 Å². The lowest BCUT2D eigenvalue weighted by molar-refractivity contribution is -0.157. The second kappa shape index (κ2) is 8.41. The minimum absolute atomic E-state index is 0.167. The van der Waals surface area contributed by atoms with Gasteiger partial charge >= 0.3 is 12.1 Å². The molecule has 5 heteroatoms. The largest absolute Gasteiger partial charge is 0.458 e. The zero-order chi connectivity index (χ0) is 16.6. The van der Waals surface area contributed by atoms with Gasteiger partial charge in [-0.05, 0) is 32.8 Å². The highest BCUT2D eigenvalue weighted by molar-refractivity contribution is 5.81. The Balaban J connectivity index is 2.51. The van der Waals surface area contributed by atoms with Gasteiger partial charge in [-0.15, -0.1) is 0 Å². The van der Waals surface area contributed by atoms with Crippen LogP contribution in [-0.2, 0) is 20.9 Å². The molecule has 1 aromatic carbocycles. The van der Waals surface area contributed by atoms with Crippen LogP contribution in [0, 0.1) is 0 Å². The maximum absolute atomic E-state index is 12.1. The van der Waals surface area contributed by atoms with E-state index in [1.54, 1.807) is 20.8 Å². The third-order valence-electron chi connectivity index (χ3n) is 2.77. The van der Waals surface area contributed by atoms with Crippen molar-refractivity contribution in [3.8, 4) is 0 Å². The Morgan fingerprint density at radius 3 is 2.36 bits per heavy atom. The summed E-state index contributed by atoms with van der Waals surface area (Å²) in [6.45, 7) is 7.49. The first-order chi connectivity index (χ1) is 10.3. The number of nitrogens with one attached hydrogen (secondary N) is 1. The van der Waals surface area contributed by atoms with Crippen molar-refractivity contribution in [1.29, 1.82) is 0 Å². The number of alkyl carbamates (subject to hydrolysis) is 1. The highest BCUT2D eigenvalue weighted by Gasteiger charge is 2.26. The standard InChI is InChI=1S/C17H25NO4/c1-5-9-14(15(19)22-17(2,3)4)18-16(20)21-12-13-10-7-6-8-11-13/h6-8,10-11,14H,5,9,12H2,1-4H3,(H,18,20)/t14-/m0/s1. The van der Waals surface area contributed by atoms with Crippen molar-refractivity contribution in [3.63, 3.8) is 0 Å². The summed E-state index contributed by atoms with van der Waals surface area (Å²) in [4.78, 5) is 23.9. The van der Waals surface area contributed by atoms with E-state index in [0.717, 1.165) is 12.0 Å². The number of rotatable bonds is 6. The molecule has 0 fully saturated rings. The summed E-state index contributed by atoms with van der Waals surface area (Å²) >= 11 is 0. The van der Waals surface area contributed by atoms with Crippen molar-refractivity contribution in [2.24, 2.45) is 0 Å². The number of carbonyl (C=O) groups is 2. The third-order valence-corrected chi connectivity index (χ3v) is 2.77. The van der Waals surface area contributed by atoms with Crippen molar-refractivity contribution >= 4 is 12.1 Å². The second-order valence-corrected chi connectivity index (χ2v) is 6.08. The van der Waals surface area contributed by atoms with E-state index in [1.807, 2.05) is 37.3 Å². The van der Waals surface area contributed by atoms with Crippen molar-refractivity contribution < 1.29 is 19.1 Å². The molecular formula is C17H25NO4. The Hall–Kier alpha value is -2.04. The number of esters is 1. The normalized spacial score (nSPS) is 12.4. The molecule has 0 saturated heterocycles. The summed E-state index contributed by atoms with van der Waals surface area (Å²) < 4.78 is 10.4. The molecule has 5 nitrogen and oxygen atoms in total. The second-order valence-electron chi connectivity index (χ2n) is 6.08. The molecule has 0 radical (unpaired) electrons. The molecule has 0 saturated carbocycles. The van der Waals surface area contributed by atoms with Crippen molar-refractivity contribution in [2.45, 2.75) is 58.8 Å². The van der Waals surface area contributed by atoms with E-state index in [0.29, 0.717) is 6.42 Å². The lowest BCUT2D eigenvalue weighted by Crippen LogP contribution is -2.44. The van der Waals surface area contributed by atoms with Gasteiger partial charge in [0.25, 0.3) is 0 Å². The van der Waals surface area contributed by atoms with Crippen LogP contribution in [0.3, 0.4) is 0 Å². The number of hydrogen-bond donors (Lipinski definition) is 1. The van der Waals surface area contributed by atoms with E-state index < -0.39 is 23.7 Å². The van der Waals surface area contributed by atoms with E-state index >= 15 is 0 Å². The van der Waals surface area contributed by atoms with Gasteiger partial charge in [-0.25, -0.2) is 9.59 Å². The monoisotopic (exact) mass is 307 g/mol. The lowest BCUT2D eigenvalue weighted by Gasteiger charge is -2.24. The SMILES string of the molecule is CCC[C@H](NC(=O)OCc1ccccc1)C(=O)OC(C)(C)C. The Morgan fingerprint density at radius 2 is 1.82 bits per heavy atom. The summed E-state index contributed by atoms with van der Waals surface area (Å²) in [5, 5.41) is 2.57. The molecule has 0 unspecified atom stereocenters. The molecule has 0 spiro atoms. The molecule has 1 rings (SSSR count). The van der Waals surface area contributed by atoms with Crippen molar-refractivity contribution in [1.82, 2.24) is 5.32 Å². The van der Waals surface area contributed by atoms with Gasteiger partial charge < -0.3 is 14.8 Å². The Labute approximate surface area is 132 Å². The topological polar surface area (TPSA) is 64.6 Å². The van der Waals surface area contributed by atoms with Crippen LogP contribution in [0.15, 0.2) is 30.3 Å². The molecule has 0 aliphatic carbocycles. The Morgan fingerprint density at radius 1 is 1.18 bits per heavy atom. The molecule has 1 atom stereocenters. The van der Waals surface area contributed by atoms with Gasteiger partial charge in [0.15, 0.2) is 0 Å². The molecule has 22 heavy (non-hydrogen) atoms. The molecule has 0 aliphatic heterocycles. The van der Waals surface area contributed by atoms with Crippen LogP contribution in [0.5, 0.6) is 0 Å². The average molecular weight is 307 g/mol. The highest BCUT2D eigenvalue weighted by Crippen LogP contribution is 2.11. The van der Waals surface area contributed by atoms with Crippen LogP contribution >= 0.6 is 0 Å². The smallest absolute Gasteiger partial charge is 0.408 e. The first-order valence-electron chi connectivity index (χ1n) is 7.52. The minimum atomic E-state index is -0.688. The summed E-state index contributed by atoms with van der Waals surface area (Å²) in [6.07, 6.45) is 0.645. The van der Waals surface area contributed by atoms with Gasteiger partial charge in [0, 0.05) is 0 Å². The molecule has 0 heterocycles. The first-order valence-corrected chi connectivity index (χ1v) is 7.52. The van der Waals surface area contributed by atoms with Gasteiger partial charge in [-0.3, -0.25) is 0 Å². The van der Waals surface area contributed by atoms with Crippen LogP contribution in [0.4, 0.5) is 4.79 Å². The van der Waals surface area contributed by atoms with Gasteiger partial charge in [0.1, 0.15) is 18.2 Å². The zero-order valence-electron chi connectivity index (χ0n) is 13.7. The third kappa shape index (κ3) is 7.11. The number of amides is 1. The fourth-order valence-electron chi connectivity index (χ4n) is 1.82. The summed E-state index contributed by atoms with van der Waals surface area (Å²) in [5.74, 6) is -0.439. The fraction of sp³-hybridized carbons (Fsp3) is 0.529. The molecule has 0 aliphatic rings. The number of carbonyl (C=O) groups excluding carboxylic acids is 2. The maximum atomic E-state index is 12.1. The van der Waals surface area contributed by atoms with Gasteiger partial charge in [0.05, 0.1) is 0 Å². The minimum Gasteiger partial charge on any atom is -0.458 e. The predicted octanol–water partition coefficient (Wildman–Crippen LogP) is 3.42. The van der Waals surface area contributed by atoms with Crippen LogP contribution in [-0.4, -0.2) is 23.7 Å². The molecule has 1 aromatic rings. The fourth-order valence-corrected chi connectivity index (χ4v) is 1.82. The Kier molecular flexibility index (Phi) is 6.89. The zero-order valence-corrected chi connectivity index (χ0v) is 13.7. The van der Waals surface area contributed by atoms with Crippen LogP contribution in [0.25, 0.3) is 0 Å². The molecule has 1 amide bonds. The average Bonchev–Trinajstić information content (AvgIpc) is 2.44. The van der Waals surface area contributed by atoms with Gasteiger partial charge in [-0.2, -0.15) is 0 Å². The quantitative estimate of drug-likeness (QED) is 0.818. The van der Waals surface area contributed by atoms with E-state index in [9.17, 15) is 9.59 Å². The molecule has 122 valence electrons. The molecule has 0 bridgehead atoms. The molecule has 0 aromatic heterocycles. The first kappa shape index (κ1) is 18.0. The molecule has 1 N–H and O–H groups in total. The summed E-state index contributed by atoms with van der Waals surface area (Å²) in [7, 11) is 0. The van der Waals surface area contributed by atoms with Crippen LogP contribution in [0.1, 0.15) is 46.1 Å². The van der Waals surface area contributed by atoms with Crippen molar-refractivity contribution in [2.75, 3.05) is 0 Å². The number of benzene rings is 1. The van der Waals surface area contributed by atoms with Crippen molar-refractivity contribution in [3.05, 3.63) is 35.9 Å². The summed E-state index contributed by atoms with van der Waals surface area (Å²) in [5.41, 5.74) is 0.306. The van der Waals surface area contributed by atoms with Crippen LogP contribution in [0.2, 0.25) is 0 Å². The van der Waals surface area contributed by atoms with E-state index in [-0.39, 0.29) is 6.61 Å². The molecular weight excluding hydrogens is 282 g/mol. The predicted molar refractivity (Wildman–Crippen MR) is 84.3 cm³/mol. The van der Waals surface area contributed by atoms with E-state index in [2.05, 4.69) is 5.32 Å². The Bertz CT molecular complexity index is 479. The highest BCUT2D eigenvalue weighted by atomic mass is 16.6. The number of ether oxygens (including phenoxy) is 2. The lowest BCUT2D eigenvalue weighted by atomic mass is 10.1. The van der Waals surface area contributed by atoms with E-state index in [4.69, 9.17) is 9.47 Å². The number of hydrogen-bond acceptors (Lipinski definition) is 4. The van der Waals surface area contributed by atoms with Gasteiger partial charge in [0.2, 0.25) is 0 Å².